The number of pyridine rings is 1. The Bertz CT molecular complexity index is 459. The first-order valence-corrected chi connectivity index (χ1v) is 4.67. The lowest BCUT2D eigenvalue weighted by Crippen LogP contribution is -2.30. The van der Waals surface area contributed by atoms with Gasteiger partial charge in [-0.2, -0.15) is 0 Å². The Kier molecular flexibility index (Phi) is 1.91. The molecule has 0 unspecified atom stereocenters. The van der Waals surface area contributed by atoms with E-state index in [9.17, 15) is 4.79 Å². The summed E-state index contributed by atoms with van der Waals surface area (Å²) in [6.07, 6.45) is 3.03. The van der Waals surface area contributed by atoms with Crippen LogP contribution in [0.4, 0.5) is 0 Å². The molecule has 0 bridgehead atoms. The number of nitrogens with zero attached hydrogens (tertiary/aromatic N) is 1. The van der Waals surface area contributed by atoms with Crippen molar-refractivity contribution in [2.24, 2.45) is 12.8 Å². The van der Waals surface area contributed by atoms with Gasteiger partial charge in [0.15, 0.2) is 0 Å². The van der Waals surface area contributed by atoms with Crippen LogP contribution in [0.2, 0.25) is 0 Å². The number of nitrogen functional groups attached to an aromatic ring is 1. The van der Waals surface area contributed by atoms with Crippen molar-refractivity contribution in [1.82, 2.24) is 4.57 Å². The van der Waals surface area contributed by atoms with Crippen molar-refractivity contribution in [2.45, 2.75) is 19.3 Å². The van der Waals surface area contributed by atoms with Crippen LogP contribution < -0.4 is 11.3 Å². The van der Waals surface area contributed by atoms with Gasteiger partial charge in [-0.25, -0.2) is 0 Å². The summed E-state index contributed by atoms with van der Waals surface area (Å²) >= 11 is 0. The van der Waals surface area contributed by atoms with Crippen molar-refractivity contribution in [3.05, 3.63) is 33.2 Å². The number of rotatable bonds is 1. The molecule has 1 aliphatic rings. The molecule has 0 saturated heterocycles. The van der Waals surface area contributed by atoms with Crippen LogP contribution >= 0.6 is 0 Å². The molecule has 0 amide bonds. The highest BCUT2D eigenvalue weighted by molar-refractivity contribution is 5.94. The topological polar surface area (TPSA) is 71.9 Å². The van der Waals surface area contributed by atoms with E-state index in [4.69, 9.17) is 11.1 Å². The first-order chi connectivity index (χ1) is 6.61. The van der Waals surface area contributed by atoms with Gasteiger partial charge in [-0.05, 0) is 30.9 Å². The normalized spacial score (nSPS) is 14.1. The molecule has 1 aromatic rings. The van der Waals surface area contributed by atoms with Crippen molar-refractivity contribution in [3.8, 4) is 0 Å². The Morgan fingerprint density at radius 3 is 2.93 bits per heavy atom. The number of hydrogen-bond acceptors (Lipinski definition) is 2. The lowest BCUT2D eigenvalue weighted by atomic mass is 10.1. The molecule has 4 heteroatoms. The summed E-state index contributed by atoms with van der Waals surface area (Å²) < 4.78 is 1.62. The van der Waals surface area contributed by atoms with Gasteiger partial charge in [0.05, 0.1) is 5.56 Å². The number of aryl methyl sites for hydroxylation is 1. The molecule has 14 heavy (non-hydrogen) atoms. The third kappa shape index (κ3) is 1.14. The van der Waals surface area contributed by atoms with Crippen LogP contribution in [0.3, 0.4) is 0 Å². The number of fused-ring (bicyclic) bond motifs is 1. The maximum atomic E-state index is 11.7. The van der Waals surface area contributed by atoms with Crippen LogP contribution in [-0.2, 0) is 19.9 Å². The zero-order valence-electron chi connectivity index (χ0n) is 8.13. The Balaban J connectivity index is 2.73. The van der Waals surface area contributed by atoms with Crippen LogP contribution in [-0.4, -0.2) is 10.4 Å². The molecule has 1 heterocycles. The average molecular weight is 191 g/mol. The van der Waals surface area contributed by atoms with Gasteiger partial charge < -0.3 is 10.3 Å². The van der Waals surface area contributed by atoms with Crippen molar-refractivity contribution < 1.29 is 0 Å². The fourth-order valence-electron chi connectivity index (χ4n) is 2.02. The maximum absolute atomic E-state index is 11.7. The van der Waals surface area contributed by atoms with Crippen LogP contribution in [0, 0.1) is 5.41 Å². The van der Waals surface area contributed by atoms with Gasteiger partial charge in [0.2, 0.25) is 0 Å². The van der Waals surface area contributed by atoms with E-state index in [1.54, 1.807) is 17.7 Å². The second-order valence-corrected chi connectivity index (χ2v) is 3.66. The van der Waals surface area contributed by atoms with Crippen molar-refractivity contribution in [3.63, 3.8) is 0 Å². The lowest BCUT2D eigenvalue weighted by Gasteiger charge is -2.08. The molecule has 0 saturated carbocycles. The molecule has 0 aromatic carbocycles. The SMILES string of the molecule is Cn1c2c(cc(C(=N)N)c1=O)CCC2. The monoisotopic (exact) mass is 191 g/mol. The number of nitrogens with two attached hydrogens (primary N) is 1. The number of amidine groups is 1. The molecule has 0 aliphatic heterocycles. The highest BCUT2D eigenvalue weighted by atomic mass is 16.1. The second kappa shape index (κ2) is 2.97. The minimum absolute atomic E-state index is 0.139. The van der Waals surface area contributed by atoms with Gasteiger partial charge in [-0.1, -0.05) is 0 Å². The van der Waals surface area contributed by atoms with E-state index < -0.39 is 0 Å². The summed E-state index contributed by atoms with van der Waals surface area (Å²) in [5.74, 6) is -0.139. The summed E-state index contributed by atoms with van der Waals surface area (Å²) in [6.45, 7) is 0. The van der Waals surface area contributed by atoms with E-state index in [-0.39, 0.29) is 11.4 Å². The third-order valence-corrected chi connectivity index (χ3v) is 2.78. The molecule has 0 spiro atoms. The first-order valence-electron chi connectivity index (χ1n) is 4.67. The Morgan fingerprint density at radius 1 is 1.57 bits per heavy atom. The predicted molar refractivity (Wildman–Crippen MR) is 54.7 cm³/mol. The molecular weight excluding hydrogens is 178 g/mol. The predicted octanol–water partition coefficient (Wildman–Crippen LogP) is 0.158. The maximum Gasteiger partial charge on any atom is 0.261 e. The van der Waals surface area contributed by atoms with E-state index in [1.807, 2.05) is 0 Å². The lowest BCUT2D eigenvalue weighted by molar-refractivity contribution is 0.777. The van der Waals surface area contributed by atoms with Gasteiger partial charge >= 0.3 is 0 Å². The molecule has 1 aliphatic carbocycles. The summed E-state index contributed by atoms with van der Waals surface area (Å²) in [6, 6.07) is 1.77. The highest BCUT2D eigenvalue weighted by Crippen LogP contribution is 2.20. The largest absolute Gasteiger partial charge is 0.384 e. The molecule has 0 fully saturated rings. The number of aromatic nitrogens is 1. The highest BCUT2D eigenvalue weighted by Gasteiger charge is 2.17. The van der Waals surface area contributed by atoms with Crippen LogP contribution in [0.1, 0.15) is 23.2 Å². The summed E-state index contributed by atoms with van der Waals surface area (Å²) in [5, 5.41) is 7.30. The quantitative estimate of drug-likeness (QED) is 0.490. The third-order valence-electron chi connectivity index (χ3n) is 2.78. The molecule has 3 N–H and O–H groups in total. The zero-order valence-corrected chi connectivity index (χ0v) is 8.13. The van der Waals surface area contributed by atoms with E-state index in [0.717, 1.165) is 30.5 Å². The summed E-state index contributed by atoms with van der Waals surface area (Å²) in [7, 11) is 1.75. The molecule has 74 valence electrons. The van der Waals surface area contributed by atoms with Crippen LogP contribution in [0.15, 0.2) is 10.9 Å². The number of nitrogens with one attached hydrogen (secondary N) is 1. The Labute approximate surface area is 81.9 Å². The average Bonchev–Trinajstić information content (AvgIpc) is 2.58. The van der Waals surface area contributed by atoms with Gasteiger partial charge in [-0.3, -0.25) is 10.2 Å². The first kappa shape index (κ1) is 8.99. The van der Waals surface area contributed by atoms with Crippen LogP contribution in [0.5, 0.6) is 0 Å². The molecule has 1 aromatic heterocycles. The molecule has 0 radical (unpaired) electrons. The minimum Gasteiger partial charge on any atom is -0.384 e. The Morgan fingerprint density at radius 2 is 2.29 bits per heavy atom. The molecule has 0 atom stereocenters. The fourth-order valence-corrected chi connectivity index (χ4v) is 2.02. The van der Waals surface area contributed by atoms with E-state index >= 15 is 0 Å². The molecule has 2 rings (SSSR count). The fraction of sp³-hybridized carbons (Fsp3) is 0.400. The summed E-state index contributed by atoms with van der Waals surface area (Å²) in [5.41, 5.74) is 7.78. The van der Waals surface area contributed by atoms with E-state index in [0.29, 0.717) is 5.56 Å². The minimum atomic E-state index is -0.154. The van der Waals surface area contributed by atoms with Crippen LogP contribution in [0.25, 0.3) is 0 Å². The van der Waals surface area contributed by atoms with Crippen molar-refractivity contribution in [1.29, 1.82) is 5.41 Å². The summed E-state index contributed by atoms with van der Waals surface area (Å²) in [4.78, 5) is 11.7. The second-order valence-electron chi connectivity index (χ2n) is 3.66. The van der Waals surface area contributed by atoms with Crippen molar-refractivity contribution in [2.75, 3.05) is 0 Å². The van der Waals surface area contributed by atoms with Crippen molar-refractivity contribution >= 4 is 5.84 Å². The smallest absolute Gasteiger partial charge is 0.261 e. The van der Waals surface area contributed by atoms with E-state index in [1.165, 1.54) is 0 Å². The zero-order chi connectivity index (χ0) is 10.3. The Hall–Kier alpha value is -1.58. The number of hydrogen-bond donors (Lipinski definition) is 2. The van der Waals surface area contributed by atoms with Gasteiger partial charge in [0.25, 0.3) is 5.56 Å². The molecular formula is C10H13N3O. The standard InChI is InChI=1S/C10H13N3O/c1-13-8-4-2-3-6(8)5-7(9(11)12)10(13)14/h5H,2-4H2,1H3,(H3,11,12). The van der Waals surface area contributed by atoms with Gasteiger partial charge in [0.1, 0.15) is 5.84 Å². The molecule has 4 nitrogen and oxygen atoms in total. The van der Waals surface area contributed by atoms with Gasteiger partial charge in [0, 0.05) is 12.7 Å². The van der Waals surface area contributed by atoms with E-state index in [2.05, 4.69) is 0 Å². The van der Waals surface area contributed by atoms with Gasteiger partial charge in [-0.15, -0.1) is 0 Å².